The first-order chi connectivity index (χ1) is 7.34. The summed E-state index contributed by atoms with van der Waals surface area (Å²) in [7, 11) is 0. The van der Waals surface area contributed by atoms with Crippen molar-refractivity contribution in [1.82, 2.24) is 9.78 Å². The molecule has 16 heavy (non-hydrogen) atoms. The maximum atomic E-state index is 10.8. The lowest BCUT2D eigenvalue weighted by Gasteiger charge is -2.15. The van der Waals surface area contributed by atoms with Crippen LogP contribution in [0.25, 0.3) is 0 Å². The zero-order chi connectivity index (χ0) is 12.5. The monoisotopic (exact) mass is 226 g/mol. The van der Waals surface area contributed by atoms with Crippen LogP contribution in [-0.4, -0.2) is 14.7 Å². The highest BCUT2D eigenvalue weighted by Crippen LogP contribution is 2.29. The van der Waals surface area contributed by atoms with Crippen LogP contribution in [0.1, 0.15) is 38.9 Å². The van der Waals surface area contributed by atoms with E-state index in [9.17, 15) is 10.1 Å². The van der Waals surface area contributed by atoms with Gasteiger partial charge in [-0.2, -0.15) is 5.10 Å². The molecule has 0 bridgehead atoms. The molecule has 1 atom stereocenters. The lowest BCUT2D eigenvalue weighted by molar-refractivity contribution is -0.384. The first kappa shape index (κ1) is 12.5. The quantitative estimate of drug-likeness (QED) is 0.630. The van der Waals surface area contributed by atoms with Gasteiger partial charge in [0, 0.05) is 0 Å². The number of hydrogen-bond acceptors (Lipinski definition) is 4. The van der Waals surface area contributed by atoms with Gasteiger partial charge in [0.2, 0.25) is 5.82 Å². The number of nitrogens with two attached hydrogens (primary N) is 1. The van der Waals surface area contributed by atoms with Crippen LogP contribution in [0.5, 0.6) is 0 Å². The van der Waals surface area contributed by atoms with Crippen molar-refractivity contribution in [1.29, 1.82) is 0 Å². The average molecular weight is 226 g/mol. The molecule has 0 aromatic carbocycles. The molecule has 0 aliphatic rings. The largest absolute Gasteiger partial charge is 0.378 e. The standard InChI is InChI=1S/C10H18N4O2/c1-6(2)5-7(3)13-10(11)9(14(15)16)8(4)12-13/h6-7H,5,11H2,1-4H3. The summed E-state index contributed by atoms with van der Waals surface area (Å²) in [6.07, 6.45) is 0.891. The summed E-state index contributed by atoms with van der Waals surface area (Å²) in [6, 6.07) is 0.0763. The molecule has 1 unspecified atom stereocenters. The third-order valence-electron chi connectivity index (χ3n) is 2.50. The molecular weight excluding hydrogens is 208 g/mol. The van der Waals surface area contributed by atoms with Crippen LogP contribution >= 0.6 is 0 Å². The summed E-state index contributed by atoms with van der Waals surface area (Å²) in [5.74, 6) is 0.647. The van der Waals surface area contributed by atoms with Crippen molar-refractivity contribution in [2.45, 2.75) is 40.2 Å². The summed E-state index contributed by atoms with van der Waals surface area (Å²) in [5.41, 5.74) is 6.04. The SMILES string of the molecule is Cc1nn(C(C)CC(C)C)c(N)c1[N+](=O)[O-]. The molecule has 0 amide bonds. The second-order valence-corrected chi connectivity index (χ2v) is 4.50. The first-order valence-electron chi connectivity index (χ1n) is 5.33. The van der Waals surface area contributed by atoms with Crippen molar-refractivity contribution >= 4 is 11.5 Å². The van der Waals surface area contributed by atoms with Gasteiger partial charge in [0.1, 0.15) is 5.69 Å². The fraction of sp³-hybridized carbons (Fsp3) is 0.700. The Kier molecular flexibility index (Phi) is 3.51. The Balaban J connectivity index is 3.07. The van der Waals surface area contributed by atoms with Crippen molar-refractivity contribution in [3.8, 4) is 0 Å². The molecule has 1 aromatic rings. The third-order valence-corrected chi connectivity index (χ3v) is 2.50. The normalized spacial score (nSPS) is 13.1. The number of anilines is 1. The minimum Gasteiger partial charge on any atom is -0.378 e. The first-order valence-corrected chi connectivity index (χ1v) is 5.33. The van der Waals surface area contributed by atoms with Gasteiger partial charge in [0.15, 0.2) is 0 Å². The Hall–Kier alpha value is -1.59. The number of aromatic nitrogens is 2. The van der Waals surface area contributed by atoms with Crippen LogP contribution in [0.15, 0.2) is 0 Å². The molecule has 0 radical (unpaired) electrons. The zero-order valence-electron chi connectivity index (χ0n) is 10.1. The molecule has 0 aliphatic heterocycles. The second kappa shape index (κ2) is 4.51. The van der Waals surface area contributed by atoms with E-state index in [0.717, 1.165) is 6.42 Å². The molecule has 1 aromatic heterocycles. The van der Waals surface area contributed by atoms with Crippen LogP contribution in [0.4, 0.5) is 11.5 Å². The highest BCUT2D eigenvalue weighted by atomic mass is 16.6. The number of nitrogen functional groups attached to an aromatic ring is 1. The van der Waals surface area contributed by atoms with Crippen LogP contribution in [0, 0.1) is 23.0 Å². The van der Waals surface area contributed by atoms with E-state index < -0.39 is 4.92 Å². The van der Waals surface area contributed by atoms with E-state index in [2.05, 4.69) is 18.9 Å². The molecule has 0 aliphatic carbocycles. The van der Waals surface area contributed by atoms with E-state index in [-0.39, 0.29) is 17.5 Å². The number of nitro groups is 1. The molecule has 2 N–H and O–H groups in total. The minimum atomic E-state index is -0.476. The molecule has 1 rings (SSSR count). The molecule has 0 fully saturated rings. The number of rotatable bonds is 4. The topological polar surface area (TPSA) is 87.0 Å². The number of aryl methyl sites for hydroxylation is 1. The van der Waals surface area contributed by atoms with Crippen molar-refractivity contribution in [3.05, 3.63) is 15.8 Å². The maximum Gasteiger partial charge on any atom is 0.333 e. The second-order valence-electron chi connectivity index (χ2n) is 4.50. The smallest absolute Gasteiger partial charge is 0.333 e. The van der Waals surface area contributed by atoms with Crippen LogP contribution in [0.2, 0.25) is 0 Å². The molecule has 0 saturated heterocycles. The molecule has 0 spiro atoms. The van der Waals surface area contributed by atoms with Gasteiger partial charge in [-0.1, -0.05) is 13.8 Å². The molecular formula is C10H18N4O2. The summed E-state index contributed by atoms with van der Waals surface area (Å²) in [4.78, 5) is 10.3. The van der Waals surface area contributed by atoms with Gasteiger partial charge >= 0.3 is 5.69 Å². The number of nitrogens with zero attached hydrogens (tertiary/aromatic N) is 3. The number of hydrogen-bond donors (Lipinski definition) is 1. The highest BCUT2D eigenvalue weighted by Gasteiger charge is 2.25. The fourth-order valence-electron chi connectivity index (χ4n) is 1.90. The van der Waals surface area contributed by atoms with Gasteiger partial charge in [0.25, 0.3) is 0 Å². The summed E-state index contributed by atoms with van der Waals surface area (Å²) >= 11 is 0. The van der Waals surface area contributed by atoms with Crippen molar-refractivity contribution in [2.24, 2.45) is 5.92 Å². The van der Waals surface area contributed by atoms with E-state index in [4.69, 9.17) is 5.73 Å². The van der Waals surface area contributed by atoms with Crippen molar-refractivity contribution in [2.75, 3.05) is 5.73 Å². The van der Waals surface area contributed by atoms with E-state index in [1.54, 1.807) is 11.6 Å². The van der Waals surface area contributed by atoms with E-state index in [1.807, 2.05) is 6.92 Å². The van der Waals surface area contributed by atoms with Crippen LogP contribution in [-0.2, 0) is 0 Å². The van der Waals surface area contributed by atoms with Gasteiger partial charge in [-0.25, -0.2) is 4.68 Å². The van der Waals surface area contributed by atoms with E-state index in [1.165, 1.54) is 0 Å². The van der Waals surface area contributed by atoms with E-state index in [0.29, 0.717) is 11.6 Å². The van der Waals surface area contributed by atoms with Gasteiger partial charge in [-0.05, 0) is 26.2 Å². The van der Waals surface area contributed by atoms with Gasteiger partial charge in [-0.3, -0.25) is 10.1 Å². The fourth-order valence-corrected chi connectivity index (χ4v) is 1.90. The van der Waals surface area contributed by atoms with E-state index >= 15 is 0 Å². The third kappa shape index (κ3) is 2.32. The van der Waals surface area contributed by atoms with Gasteiger partial charge in [-0.15, -0.1) is 0 Å². The van der Waals surface area contributed by atoms with Crippen molar-refractivity contribution < 1.29 is 4.92 Å². The maximum absolute atomic E-state index is 10.8. The van der Waals surface area contributed by atoms with Crippen LogP contribution < -0.4 is 5.73 Å². The Morgan fingerprint density at radius 1 is 1.50 bits per heavy atom. The zero-order valence-corrected chi connectivity index (χ0v) is 10.1. The Bertz CT molecular complexity index is 398. The molecule has 0 saturated carbocycles. The molecule has 90 valence electrons. The van der Waals surface area contributed by atoms with Gasteiger partial charge < -0.3 is 5.73 Å². The predicted octanol–water partition coefficient (Wildman–Crippen LogP) is 2.29. The highest BCUT2D eigenvalue weighted by molar-refractivity contribution is 5.56. The predicted molar refractivity (Wildman–Crippen MR) is 62.2 cm³/mol. The summed E-state index contributed by atoms with van der Waals surface area (Å²) in [6.45, 7) is 7.76. The molecule has 6 heteroatoms. The summed E-state index contributed by atoms with van der Waals surface area (Å²) < 4.78 is 1.55. The Labute approximate surface area is 94.6 Å². The van der Waals surface area contributed by atoms with Gasteiger partial charge in [0.05, 0.1) is 11.0 Å². The lowest BCUT2D eigenvalue weighted by Crippen LogP contribution is -2.12. The molecule has 6 nitrogen and oxygen atoms in total. The minimum absolute atomic E-state index is 0.0735. The Morgan fingerprint density at radius 2 is 2.06 bits per heavy atom. The lowest BCUT2D eigenvalue weighted by atomic mass is 10.1. The molecule has 1 heterocycles. The van der Waals surface area contributed by atoms with Crippen LogP contribution in [0.3, 0.4) is 0 Å². The Morgan fingerprint density at radius 3 is 2.44 bits per heavy atom. The van der Waals surface area contributed by atoms with Crippen molar-refractivity contribution in [3.63, 3.8) is 0 Å². The summed E-state index contributed by atoms with van der Waals surface area (Å²) in [5, 5.41) is 14.9. The average Bonchev–Trinajstić information content (AvgIpc) is 2.40.